The number of carboxylic acids is 1. The summed E-state index contributed by atoms with van der Waals surface area (Å²) in [5, 5.41) is 12.0. The lowest BCUT2D eigenvalue weighted by atomic mass is 9.98. The molecule has 1 atom stereocenters. The third-order valence-electron chi connectivity index (χ3n) is 6.71. The Kier molecular flexibility index (Phi) is 9.12. The Labute approximate surface area is 228 Å². The summed E-state index contributed by atoms with van der Waals surface area (Å²) in [5.41, 5.74) is 5.44. The first-order valence-corrected chi connectivity index (χ1v) is 12.8. The maximum absolute atomic E-state index is 13.4. The number of nitrogens with one attached hydrogen (secondary N) is 1. The minimum absolute atomic E-state index is 0.0381. The number of likely N-dealkylation sites (N-methyl/N-ethyl adjacent to an activating group) is 1. The van der Waals surface area contributed by atoms with E-state index >= 15 is 0 Å². The Morgan fingerprint density at radius 3 is 2.15 bits per heavy atom. The van der Waals surface area contributed by atoms with Crippen molar-refractivity contribution in [3.05, 3.63) is 108 Å². The molecule has 39 heavy (non-hydrogen) atoms. The highest BCUT2D eigenvalue weighted by Crippen LogP contribution is 2.44. The first-order chi connectivity index (χ1) is 18.9. The number of hydrogen-bond donors (Lipinski definition) is 2. The van der Waals surface area contributed by atoms with Crippen LogP contribution in [0, 0.1) is 0 Å². The van der Waals surface area contributed by atoms with Crippen LogP contribution in [0.15, 0.2) is 91.5 Å². The molecule has 202 valence electrons. The van der Waals surface area contributed by atoms with Crippen LogP contribution in [-0.2, 0) is 20.9 Å². The van der Waals surface area contributed by atoms with Gasteiger partial charge in [0.05, 0.1) is 0 Å². The van der Waals surface area contributed by atoms with Crippen LogP contribution in [0.1, 0.15) is 22.6 Å². The maximum atomic E-state index is 13.4. The maximum Gasteiger partial charge on any atom is 0.407 e. The number of amides is 2. The summed E-state index contributed by atoms with van der Waals surface area (Å²) >= 11 is 0. The van der Waals surface area contributed by atoms with Crippen molar-refractivity contribution in [3.63, 3.8) is 0 Å². The standard InChI is InChI=1S/C31H33N3O5/c1-3-17-34(20-29(35)36)30(37)28(19-33(2)18-22-11-5-4-6-12-22)32-31(38)39-21-27-25-15-9-7-13-23(25)24-14-8-10-16-26(24)27/h3-16,27-28H,1,17-21H2,2H3,(H,32,38)(H,35,36). The number of rotatable bonds is 12. The summed E-state index contributed by atoms with van der Waals surface area (Å²) in [6.07, 6.45) is 0.719. The van der Waals surface area contributed by atoms with E-state index in [1.165, 1.54) is 6.08 Å². The average Bonchev–Trinajstić information content (AvgIpc) is 3.25. The number of hydrogen-bond acceptors (Lipinski definition) is 5. The third kappa shape index (κ3) is 6.91. The largest absolute Gasteiger partial charge is 0.480 e. The molecular formula is C31H33N3O5. The highest BCUT2D eigenvalue weighted by molar-refractivity contribution is 5.88. The summed E-state index contributed by atoms with van der Waals surface area (Å²) < 4.78 is 5.67. The van der Waals surface area contributed by atoms with E-state index in [1.54, 1.807) is 0 Å². The molecule has 0 fully saturated rings. The van der Waals surface area contributed by atoms with Crippen LogP contribution in [0.25, 0.3) is 11.1 Å². The Bertz CT molecular complexity index is 1280. The summed E-state index contributed by atoms with van der Waals surface area (Å²) in [7, 11) is 1.84. The number of carbonyl (C=O) groups is 3. The van der Waals surface area contributed by atoms with Crippen LogP contribution < -0.4 is 5.32 Å². The Hall–Kier alpha value is -4.43. The molecule has 8 heteroatoms. The fraction of sp³-hybridized carbons (Fsp3) is 0.258. The van der Waals surface area contributed by atoms with Gasteiger partial charge in [-0.2, -0.15) is 0 Å². The fourth-order valence-electron chi connectivity index (χ4n) is 5.01. The Morgan fingerprint density at radius 2 is 1.56 bits per heavy atom. The topological polar surface area (TPSA) is 99.2 Å². The second-order valence-corrected chi connectivity index (χ2v) is 9.61. The normalized spacial score (nSPS) is 12.8. The van der Waals surface area contributed by atoms with Crippen LogP contribution in [0.4, 0.5) is 4.79 Å². The molecule has 0 saturated heterocycles. The van der Waals surface area contributed by atoms with Crippen LogP contribution in [0.2, 0.25) is 0 Å². The molecule has 0 spiro atoms. The first-order valence-electron chi connectivity index (χ1n) is 12.8. The molecule has 0 aliphatic heterocycles. The van der Waals surface area contributed by atoms with Crippen LogP contribution >= 0.6 is 0 Å². The van der Waals surface area contributed by atoms with Gasteiger partial charge in [0.1, 0.15) is 19.2 Å². The first kappa shape index (κ1) is 27.6. The molecule has 0 radical (unpaired) electrons. The molecule has 0 heterocycles. The van der Waals surface area contributed by atoms with Crippen molar-refractivity contribution < 1.29 is 24.2 Å². The zero-order chi connectivity index (χ0) is 27.8. The summed E-state index contributed by atoms with van der Waals surface area (Å²) in [4.78, 5) is 40.9. The number of carboxylic acid groups (broad SMARTS) is 1. The van der Waals surface area contributed by atoms with Gasteiger partial charge < -0.3 is 20.1 Å². The predicted molar refractivity (Wildman–Crippen MR) is 149 cm³/mol. The highest BCUT2D eigenvalue weighted by atomic mass is 16.5. The van der Waals surface area contributed by atoms with E-state index in [2.05, 4.69) is 24.0 Å². The molecule has 1 aliphatic carbocycles. The zero-order valence-corrected chi connectivity index (χ0v) is 22.0. The minimum atomic E-state index is -1.15. The summed E-state index contributed by atoms with van der Waals surface area (Å²) in [6, 6.07) is 24.8. The molecule has 3 aromatic carbocycles. The van der Waals surface area contributed by atoms with Gasteiger partial charge in [-0.3, -0.25) is 14.5 Å². The fourth-order valence-corrected chi connectivity index (χ4v) is 5.01. The Balaban J connectivity index is 1.47. The molecule has 3 aromatic rings. The van der Waals surface area contributed by atoms with Crippen molar-refractivity contribution in [2.24, 2.45) is 0 Å². The second-order valence-electron chi connectivity index (χ2n) is 9.61. The molecule has 0 saturated carbocycles. The number of fused-ring (bicyclic) bond motifs is 3. The zero-order valence-electron chi connectivity index (χ0n) is 22.0. The van der Waals surface area contributed by atoms with Gasteiger partial charge in [-0.1, -0.05) is 84.9 Å². The minimum Gasteiger partial charge on any atom is -0.480 e. The van der Waals surface area contributed by atoms with E-state index in [0.29, 0.717) is 6.54 Å². The van der Waals surface area contributed by atoms with Gasteiger partial charge in [0.15, 0.2) is 0 Å². The molecular weight excluding hydrogens is 494 g/mol. The van der Waals surface area contributed by atoms with Crippen LogP contribution in [-0.4, -0.2) is 72.2 Å². The smallest absolute Gasteiger partial charge is 0.407 e. The summed E-state index contributed by atoms with van der Waals surface area (Å²) in [6.45, 7) is 3.96. The molecule has 0 bridgehead atoms. The SMILES string of the molecule is C=CCN(CC(=O)O)C(=O)C(CN(C)Cc1ccccc1)NC(=O)OCC1c2ccccc2-c2ccccc21. The van der Waals surface area contributed by atoms with Crippen LogP contribution in [0.3, 0.4) is 0 Å². The highest BCUT2D eigenvalue weighted by Gasteiger charge is 2.31. The third-order valence-corrected chi connectivity index (χ3v) is 6.71. The van der Waals surface area contributed by atoms with E-state index in [-0.39, 0.29) is 25.6 Å². The van der Waals surface area contributed by atoms with Crippen molar-refractivity contribution in [3.8, 4) is 11.1 Å². The quantitative estimate of drug-likeness (QED) is 0.344. The number of nitrogens with zero attached hydrogens (tertiary/aromatic N) is 2. The number of aliphatic carboxylic acids is 1. The van der Waals surface area contributed by atoms with Gasteiger partial charge in [-0.15, -0.1) is 6.58 Å². The van der Waals surface area contributed by atoms with Crippen molar-refractivity contribution >= 4 is 18.0 Å². The molecule has 4 rings (SSSR count). The van der Waals surface area contributed by atoms with E-state index in [9.17, 15) is 19.5 Å². The summed E-state index contributed by atoms with van der Waals surface area (Å²) in [5.74, 6) is -1.80. The number of carbonyl (C=O) groups excluding carboxylic acids is 2. The number of benzene rings is 3. The van der Waals surface area contributed by atoms with E-state index in [1.807, 2.05) is 78.7 Å². The second kappa shape index (κ2) is 12.9. The van der Waals surface area contributed by atoms with Gasteiger partial charge in [-0.05, 0) is 34.9 Å². The van der Waals surface area contributed by atoms with Crippen molar-refractivity contribution in [2.75, 3.05) is 33.3 Å². The van der Waals surface area contributed by atoms with Crippen molar-refractivity contribution in [1.29, 1.82) is 0 Å². The van der Waals surface area contributed by atoms with Gasteiger partial charge >= 0.3 is 12.1 Å². The predicted octanol–water partition coefficient (Wildman–Crippen LogP) is 4.12. The molecule has 1 aliphatic rings. The number of ether oxygens (including phenoxy) is 1. The van der Waals surface area contributed by atoms with Crippen molar-refractivity contribution in [1.82, 2.24) is 15.1 Å². The van der Waals surface area contributed by atoms with E-state index in [0.717, 1.165) is 32.7 Å². The van der Waals surface area contributed by atoms with Gasteiger partial charge in [0.2, 0.25) is 5.91 Å². The lowest BCUT2D eigenvalue weighted by molar-refractivity contribution is -0.145. The lowest BCUT2D eigenvalue weighted by Crippen LogP contribution is -2.54. The van der Waals surface area contributed by atoms with Gasteiger partial charge in [-0.25, -0.2) is 4.79 Å². The monoisotopic (exact) mass is 527 g/mol. The molecule has 0 aromatic heterocycles. The van der Waals surface area contributed by atoms with E-state index in [4.69, 9.17) is 4.74 Å². The average molecular weight is 528 g/mol. The number of alkyl carbamates (subject to hydrolysis) is 1. The molecule has 2 N–H and O–H groups in total. The molecule has 2 amide bonds. The van der Waals surface area contributed by atoms with E-state index < -0.39 is 30.6 Å². The Morgan fingerprint density at radius 1 is 0.974 bits per heavy atom. The van der Waals surface area contributed by atoms with Crippen LogP contribution in [0.5, 0.6) is 0 Å². The van der Waals surface area contributed by atoms with Gasteiger partial charge in [0, 0.05) is 25.6 Å². The molecule has 1 unspecified atom stereocenters. The lowest BCUT2D eigenvalue weighted by Gasteiger charge is -2.29. The molecule has 8 nitrogen and oxygen atoms in total. The van der Waals surface area contributed by atoms with Crippen molar-refractivity contribution in [2.45, 2.75) is 18.5 Å². The van der Waals surface area contributed by atoms with Gasteiger partial charge in [0.25, 0.3) is 0 Å².